The van der Waals surface area contributed by atoms with Gasteiger partial charge in [0.2, 0.25) is 13.2 Å². The van der Waals surface area contributed by atoms with Gasteiger partial charge in [-0.2, -0.15) is 0 Å². The van der Waals surface area contributed by atoms with E-state index in [1.807, 2.05) is 0 Å². The van der Waals surface area contributed by atoms with E-state index in [0.29, 0.717) is 0 Å². The van der Waals surface area contributed by atoms with Crippen molar-refractivity contribution in [1.82, 2.24) is 0 Å². The van der Waals surface area contributed by atoms with Crippen LogP contribution >= 0.6 is 22.2 Å². The third-order valence-corrected chi connectivity index (χ3v) is 3.30. The van der Waals surface area contributed by atoms with E-state index in [1.165, 1.54) is 0 Å². The smallest absolute Gasteiger partial charge is 0.203 e. The molecule has 0 fully saturated rings. The van der Waals surface area contributed by atoms with Gasteiger partial charge in [-0.25, -0.2) is 22.0 Å². The maximum absolute atomic E-state index is 12.9. The highest BCUT2D eigenvalue weighted by Crippen LogP contribution is 2.24. The summed E-state index contributed by atoms with van der Waals surface area (Å²) in [7, 11) is -2.50. The summed E-state index contributed by atoms with van der Waals surface area (Å²) in [5.41, 5.74) is -0.951. The minimum Gasteiger partial charge on any atom is -0.203 e. The summed E-state index contributed by atoms with van der Waals surface area (Å²) in [5, 5.41) is 0. The second-order valence-corrected chi connectivity index (χ2v) is 7.67. The number of benzene rings is 1. The second-order valence-electron chi connectivity index (χ2n) is 2.64. The summed E-state index contributed by atoms with van der Waals surface area (Å²) in [6.07, 6.45) is 0. The van der Waals surface area contributed by atoms with Crippen molar-refractivity contribution >= 4 is 29.6 Å². The Morgan fingerprint density at radius 1 is 0.733 bits per heavy atom. The van der Waals surface area contributed by atoms with Gasteiger partial charge in [-0.15, -0.1) is 22.2 Å². The first-order valence-corrected chi connectivity index (χ1v) is 7.95. The summed E-state index contributed by atoms with van der Waals surface area (Å²) >= 11 is 10.7. The Hall–Kier alpha value is -0.333. The average Bonchev–Trinajstić information content (AvgIpc) is 2.18. The molecule has 1 aromatic rings. The van der Waals surface area contributed by atoms with Crippen LogP contribution in [0.25, 0.3) is 0 Å². The molecule has 0 atom stereocenters. The van der Waals surface area contributed by atoms with Gasteiger partial charge in [-0.3, -0.25) is 0 Å². The fraction of sp³-hybridized carbons (Fsp3) is 0.143. The van der Waals surface area contributed by atoms with Crippen LogP contribution in [0.3, 0.4) is 0 Å². The quantitative estimate of drug-likeness (QED) is 0.257. The molecule has 8 heteroatoms. The topological polar surface area (TPSA) is 0 Å². The van der Waals surface area contributed by atoms with Crippen molar-refractivity contribution in [2.45, 2.75) is 6.04 Å². The normalized spacial score (nSPS) is 11.2. The molecular weight excluding hydrogens is 278 g/mol. The first kappa shape index (κ1) is 12.7. The molecule has 0 radical (unpaired) electrons. The Balaban J connectivity index is 3.39. The van der Waals surface area contributed by atoms with Gasteiger partial charge < -0.3 is 0 Å². The van der Waals surface area contributed by atoms with Gasteiger partial charge in [0.05, 0.1) is 0 Å². The van der Waals surface area contributed by atoms with E-state index in [4.69, 9.17) is 22.2 Å². The third kappa shape index (κ3) is 2.43. The van der Waals surface area contributed by atoms with Crippen LogP contribution in [0.2, 0.25) is 0 Å². The van der Waals surface area contributed by atoms with Crippen molar-refractivity contribution in [3.8, 4) is 0 Å². The Kier molecular flexibility index (Phi) is 3.97. The number of hydrogen-bond acceptors (Lipinski definition) is 0. The summed E-state index contributed by atoms with van der Waals surface area (Å²) in [6, 6.07) is -0.519. The largest absolute Gasteiger partial charge is 0.241 e. The van der Waals surface area contributed by atoms with Crippen molar-refractivity contribution in [3.05, 3.63) is 34.6 Å². The number of hydrogen-bond donors (Lipinski definition) is 0. The van der Waals surface area contributed by atoms with Crippen molar-refractivity contribution in [3.63, 3.8) is 0 Å². The molecule has 15 heavy (non-hydrogen) atoms. The Bertz CT molecular complexity index is 366. The minimum atomic E-state index is -2.50. The molecule has 0 aliphatic carbocycles. The predicted molar refractivity (Wildman–Crippen MR) is 48.8 cm³/mol. The van der Waals surface area contributed by atoms with Gasteiger partial charge in [0.15, 0.2) is 23.3 Å². The van der Waals surface area contributed by atoms with Crippen LogP contribution in [0.5, 0.6) is 0 Å². The predicted octanol–water partition coefficient (Wildman–Crippen LogP) is 3.16. The van der Waals surface area contributed by atoms with Crippen molar-refractivity contribution < 1.29 is 22.0 Å². The maximum atomic E-state index is 12.9. The highest BCUT2D eigenvalue weighted by Gasteiger charge is 2.26. The highest BCUT2D eigenvalue weighted by atomic mass is 35.7. The number of halogens is 7. The molecule has 0 nitrogen and oxygen atoms in total. The van der Waals surface area contributed by atoms with Crippen LogP contribution in [0.4, 0.5) is 22.0 Å². The molecule has 1 rings (SSSR count). The van der Waals surface area contributed by atoms with E-state index in [2.05, 4.69) is 0 Å². The summed E-state index contributed by atoms with van der Waals surface area (Å²) in [5.74, 6) is -9.88. The van der Waals surface area contributed by atoms with E-state index in [-0.39, 0.29) is 0 Å². The van der Waals surface area contributed by atoms with Gasteiger partial charge in [-0.05, 0) is 6.04 Å². The Morgan fingerprint density at radius 2 is 1.07 bits per heavy atom. The van der Waals surface area contributed by atoms with Crippen LogP contribution in [-0.4, -0.2) is 7.42 Å². The van der Waals surface area contributed by atoms with Crippen LogP contribution in [-0.2, 0) is 6.04 Å². The van der Waals surface area contributed by atoms with E-state index < -0.39 is 48.1 Å². The molecule has 0 saturated carbocycles. The molecule has 0 aliphatic rings. The molecule has 0 aliphatic heterocycles. The zero-order valence-electron chi connectivity index (χ0n) is 6.93. The fourth-order valence-corrected chi connectivity index (χ4v) is 2.58. The maximum Gasteiger partial charge on any atom is 0.241 e. The zero-order valence-corrected chi connectivity index (χ0v) is 9.60. The van der Waals surface area contributed by atoms with Crippen LogP contribution in [0.15, 0.2) is 0 Å². The van der Waals surface area contributed by atoms with Crippen LogP contribution < -0.4 is 0 Å². The van der Waals surface area contributed by atoms with E-state index in [1.54, 1.807) is 0 Å². The Labute approximate surface area is 92.6 Å². The number of rotatable bonds is 2. The molecule has 84 valence electrons. The third-order valence-electron chi connectivity index (χ3n) is 1.66. The fourth-order valence-electron chi connectivity index (χ4n) is 0.984. The molecule has 0 aromatic heterocycles. The van der Waals surface area contributed by atoms with Gasteiger partial charge in [0.25, 0.3) is 0 Å². The molecule has 0 unspecified atom stereocenters. The molecule has 0 N–H and O–H groups in total. The van der Waals surface area contributed by atoms with Crippen molar-refractivity contribution in [2.24, 2.45) is 0 Å². The molecule has 0 spiro atoms. The standard InChI is InChI=1S/C7H3Cl2F5Si/c8-15(9)1-2-3(10)5(12)7(14)6(13)4(2)11/h15H,1H2. The van der Waals surface area contributed by atoms with Crippen LogP contribution in [0, 0.1) is 29.1 Å². The first-order valence-electron chi connectivity index (χ1n) is 3.64. The molecule has 0 amide bonds. The second kappa shape index (κ2) is 4.67. The SMILES string of the molecule is Fc1c(F)c(F)c(C[SiH](Cl)Cl)c(F)c1F. The van der Waals surface area contributed by atoms with E-state index in [9.17, 15) is 22.0 Å². The minimum absolute atomic E-state index is 0.519. The van der Waals surface area contributed by atoms with E-state index in [0.717, 1.165) is 0 Å². The van der Waals surface area contributed by atoms with Crippen molar-refractivity contribution in [2.75, 3.05) is 0 Å². The molecule has 0 saturated heterocycles. The van der Waals surface area contributed by atoms with E-state index >= 15 is 0 Å². The average molecular weight is 281 g/mol. The zero-order chi connectivity index (χ0) is 11.7. The molecule has 0 bridgehead atoms. The van der Waals surface area contributed by atoms with Gasteiger partial charge >= 0.3 is 0 Å². The van der Waals surface area contributed by atoms with Crippen LogP contribution in [0.1, 0.15) is 5.56 Å². The summed E-state index contributed by atoms with van der Waals surface area (Å²) in [6.45, 7) is 0. The molecule has 1 aromatic carbocycles. The molecular formula is C7H3Cl2F5Si. The lowest BCUT2D eigenvalue weighted by atomic mass is 10.2. The lowest BCUT2D eigenvalue weighted by Crippen LogP contribution is -2.11. The summed E-state index contributed by atoms with van der Waals surface area (Å²) in [4.78, 5) is 0. The van der Waals surface area contributed by atoms with Gasteiger partial charge in [0, 0.05) is 5.56 Å². The first-order chi connectivity index (χ1) is 6.86. The Morgan fingerprint density at radius 3 is 1.40 bits per heavy atom. The molecule has 0 heterocycles. The lowest BCUT2D eigenvalue weighted by Gasteiger charge is -2.07. The van der Waals surface area contributed by atoms with Gasteiger partial charge in [0.1, 0.15) is 0 Å². The van der Waals surface area contributed by atoms with Crippen molar-refractivity contribution in [1.29, 1.82) is 0 Å². The lowest BCUT2D eigenvalue weighted by molar-refractivity contribution is 0.372. The summed E-state index contributed by atoms with van der Waals surface area (Å²) < 4.78 is 63.7. The monoisotopic (exact) mass is 280 g/mol. The van der Waals surface area contributed by atoms with Gasteiger partial charge in [-0.1, -0.05) is 0 Å². The highest BCUT2D eigenvalue weighted by molar-refractivity contribution is 7.33.